The van der Waals surface area contributed by atoms with Crippen molar-refractivity contribution >= 4 is 17.8 Å². The van der Waals surface area contributed by atoms with Gasteiger partial charge in [-0.2, -0.15) is 0 Å². The fourth-order valence-corrected chi connectivity index (χ4v) is 4.45. The predicted octanol–water partition coefficient (Wildman–Crippen LogP) is 4.19. The molecular weight excluding hydrogens is 696 g/mol. The maximum absolute atomic E-state index is 12.8. The van der Waals surface area contributed by atoms with Gasteiger partial charge in [-0.25, -0.2) is 4.79 Å². The van der Waals surface area contributed by atoms with E-state index in [0.29, 0.717) is 77.1 Å². The van der Waals surface area contributed by atoms with Crippen molar-refractivity contribution in [2.24, 2.45) is 0 Å². The zero-order chi connectivity index (χ0) is 38.3. The minimum Gasteiger partial charge on any atom is -0.490 e. The Bertz CT molecular complexity index is 1590. The summed E-state index contributed by atoms with van der Waals surface area (Å²) < 4.78 is 59.0. The molecule has 0 bridgehead atoms. The van der Waals surface area contributed by atoms with Crippen LogP contribution in [0.3, 0.4) is 0 Å². The van der Waals surface area contributed by atoms with E-state index < -0.39 is 5.97 Å². The lowest BCUT2D eigenvalue weighted by Crippen LogP contribution is -2.26. The minimum absolute atomic E-state index is 0.0126. The van der Waals surface area contributed by atoms with Crippen LogP contribution in [-0.2, 0) is 23.7 Å². The van der Waals surface area contributed by atoms with Gasteiger partial charge in [-0.1, -0.05) is 0 Å². The molecule has 2 N–H and O–H groups in total. The number of carbonyl (C=O) groups is 3. The van der Waals surface area contributed by atoms with E-state index in [9.17, 15) is 14.4 Å². The van der Waals surface area contributed by atoms with E-state index in [-0.39, 0.29) is 58.8 Å². The summed E-state index contributed by atoms with van der Waals surface area (Å²) in [6.07, 6.45) is 0.914. The van der Waals surface area contributed by atoms with Crippen LogP contribution in [0.15, 0.2) is 54.6 Å². The first kappa shape index (κ1) is 42.1. The fraction of sp³-hybridized carbons (Fsp3) is 0.432. The molecular formula is C37H48N2O14. The van der Waals surface area contributed by atoms with E-state index in [4.69, 9.17) is 52.1 Å². The first-order valence-electron chi connectivity index (χ1n) is 16.7. The Kier molecular flexibility index (Phi) is 19.1. The van der Waals surface area contributed by atoms with E-state index in [1.807, 2.05) is 0 Å². The first-order valence-corrected chi connectivity index (χ1v) is 16.7. The van der Waals surface area contributed by atoms with Crippen LogP contribution in [0.1, 0.15) is 50.8 Å². The minimum atomic E-state index is -0.500. The lowest BCUT2D eigenvalue weighted by molar-refractivity contribution is 0.0322. The number of carbonyl (C=O) groups excluding carboxylic acids is 3. The average molecular weight is 745 g/mol. The third-order valence-electron chi connectivity index (χ3n) is 6.92. The molecule has 0 fully saturated rings. The average Bonchev–Trinajstić information content (AvgIpc) is 3.17. The highest BCUT2D eigenvalue weighted by Crippen LogP contribution is 2.31. The summed E-state index contributed by atoms with van der Waals surface area (Å²) in [6, 6.07) is 14.3. The zero-order valence-corrected chi connectivity index (χ0v) is 30.7. The van der Waals surface area contributed by atoms with Crippen molar-refractivity contribution in [1.82, 2.24) is 10.6 Å². The van der Waals surface area contributed by atoms with Gasteiger partial charge in [0, 0.05) is 52.7 Å². The van der Waals surface area contributed by atoms with Crippen molar-refractivity contribution in [2.75, 3.05) is 88.5 Å². The van der Waals surface area contributed by atoms with Crippen molar-refractivity contribution in [3.63, 3.8) is 0 Å². The highest BCUT2D eigenvalue weighted by atomic mass is 16.7. The molecule has 16 nitrogen and oxygen atoms in total. The van der Waals surface area contributed by atoms with Gasteiger partial charge in [0.15, 0.2) is 61.7 Å². The zero-order valence-electron chi connectivity index (χ0n) is 30.7. The number of esters is 1. The van der Waals surface area contributed by atoms with Gasteiger partial charge in [-0.3, -0.25) is 9.59 Å². The second kappa shape index (κ2) is 24.0. The van der Waals surface area contributed by atoms with E-state index >= 15 is 0 Å². The Labute approximate surface area is 308 Å². The lowest BCUT2D eigenvalue weighted by Gasteiger charge is -2.15. The summed E-state index contributed by atoms with van der Waals surface area (Å²) in [5, 5.41) is 5.70. The summed E-state index contributed by atoms with van der Waals surface area (Å²) in [7, 11) is 5.97. The molecule has 0 aliphatic heterocycles. The molecule has 0 aromatic heterocycles. The van der Waals surface area contributed by atoms with Crippen LogP contribution in [0.25, 0.3) is 0 Å². The second-order valence-electron chi connectivity index (χ2n) is 10.8. The van der Waals surface area contributed by atoms with Gasteiger partial charge in [-0.05, 0) is 74.4 Å². The Morgan fingerprint density at radius 2 is 0.849 bits per heavy atom. The Morgan fingerprint density at radius 3 is 1.28 bits per heavy atom. The number of amides is 2. The van der Waals surface area contributed by atoms with Crippen LogP contribution in [0.2, 0.25) is 0 Å². The van der Waals surface area contributed by atoms with Crippen LogP contribution in [0.5, 0.6) is 34.5 Å². The van der Waals surface area contributed by atoms with Gasteiger partial charge in [0.05, 0.1) is 25.4 Å². The number of methoxy groups -OCH3 is 4. The summed E-state index contributed by atoms with van der Waals surface area (Å²) >= 11 is 0. The molecule has 3 aromatic carbocycles. The number of hydrogen-bond donors (Lipinski definition) is 2. The van der Waals surface area contributed by atoms with Crippen molar-refractivity contribution in [1.29, 1.82) is 0 Å². The molecule has 0 radical (unpaired) electrons. The molecule has 16 heteroatoms. The summed E-state index contributed by atoms with van der Waals surface area (Å²) in [6.45, 7) is 2.97. The van der Waals surface area contributed by atoms with Crippen LogP contribution in [0.4, 0.5) is 0 Å². The van der Waals surface area contributed by atoms with Crippen LogP contribution < -0.4 is 39.1 Å². The molecule has 0 unspecified atom stereocenters. The molecule has 0 aliphatic rings. The van der Waals surface area contributed by atoms with Gasteiger partial charge in [-0.15, -0.1) is 0 Å². The SMILES string of the molecule is CCOC(=O)c1ccc(OCCCNC(=O)c2ccc(OCOC)c(OCOC)c2)c(OCCCNC(=O)c2ccc(OCOC)c(OCOC)c2)c1. The number of hydrogen-bond acceptors (Lipinski definition) is 14. The molecule has 0 aliphatic carbocycles. The maximum Gasteiger partial charge on any atom is 0.338 e. The Balaban J connectivity index is 1.53. The van der Waals surface area contributed by atoms with E-state index in [1.165, 1.54) is 28.4 Å². The quantitative estimate of drug-likeness (QED) is 0.0680. The lowest BCUT2D eigenvalue weighted by atomic mass is 10.2. The summed E-state index contributed by atoms with van der Waals surface area (Å²) in [5.74, 6) is 1.08. The number of rotatable bonds is 26. The summed E-state index contributed by atoms with van der Waals surface area (Å²) in [4.78, 5) is 38.1. The molecule has 53 heavy (non-hydrogen) atoms. The smallest absolute Gasteiger partial charge is 0.338 e. The number of nitrogens with one attached hydrogen (secondary N) is 2. The molecule has 3 aromatic rings. The van der Waals surface area contributed by atoms with Gasteiger partial charge in [0.25, 0.3) is 11.8 Å². The van der Waals surface area contributed by atoms with Crippen LogP contribution in [-0.4, -0.2) is 106 Å². The Hall–Kier alpha value is -5.29. The second-order valence-corrected chi connectivity index (χ2v) is 10.8. The van der Waals surface area contributed by atoms with E-state index in [0.717, 1.165) is 0 Å². The third-order valence-corrected chi connectivity index (χ3v) is 6.92. The van der Waals surface area contributed by atoms with Gasteiger partial charge in [0.1, 0.15) is 0 Å². The number of ether oxygens (including phenoxy) is 11. The molecule has 290 valence electrons. The van der Waals surface area contributed by atoms with Crippen LogP contribution in [0, 0.1) is 0 Å². The maximum atomic E-state index is 12.8. The van der Waals surface area contributed by atoms with Crippen LogP contribution >= 0.6 is 0 Å². The first-order chi connectivity index (χ1) is 25.8. The molecule has 0 saturated carbocycles. The van der Waals surface area contributed by atoms with Gasteiger partial charge in [0.2, 0.25) is 0 Å². The normalized spacial score (nSPS) is 10.6. The molecule has 0 atom stereocenters. The highest BCUT2D eigenvalue weighted by molar-refractivity contribution is 5.95. The van der Waals surface area contributed by atoms with Crippen molar-refractivity contribution in [3.05, 3.63) is 71.3 Å². The monoisotopic (exact) mass is 744 g/mol. The van der Waals surface area contributed by atoms with Crippen molar-refractivity contribution in [2.45, 2.75) is 19.8 Å². The number of benzene rings is 3. The highest BCUT2D eigenvalue weighted by Gasteiger charge is 2.16. The van der Waals surface area contributed by atoms with Gasteiger partial charge >= 0.3 is 5.97 Å². The summed E-state index contributed by atoms with van der Waals surface area (Å²) in [5.41, 5.74) is 1.03. The predicted molar refractivity (Wildman–Crippen MR) is 190 cm³/mol. The van der Waals surface area contributed by atoms with Gasteiger partial charge < -0.3 is 62.7 Å². The Morgan fingerprint density at radius 1 is 0.491 bits per heavy atom. The molecule has 0 spiro atoms. The molecule has 3 rings (SSSR count). The standard InChI is InChI=1S/C37H48N2O14/c1-6-47-37(42)28-11-14-29(48-17-7-15-38-35(40)26-9-12-30(50-22-43-2)33(19-26)52-24-45-4)32(21-28)49-18-8-16-39-36(41)27-10-13-31(51-23-44-3)34(20-27)53-25-46-5/h9-14,19-21H,6-8,15-18,22-25H2,1-5H3,(H,38,40)(H,39,41). The largest absolute Gasteiger partial charge is 0.490 e. The van der Waals surface area contributed by atoms with E-state index in [1.54, 1.807) is 61.5 Å². The van der Waals surface area contributed by atoms with Crippen molar-refractivity contribution in [3.8, 4) is 34.5 Å². The van der Waals surface area contributed by atoms with Crippen molar-refractivity contribution < 1.29 is 66.5 Å². The molecule has 0 saturated heterocycles. The van der Waals surface area contributed by atoms with E-state index in [2.05, 4.69) is 10.6 Å². The topological polar surface area (TPSA) is 177 Å². The third kappa shape index (κ3) is 14.3. The fourth-order valence-electron chi connectivity index (χ4n) is 4.45. The molecule has 0 heterocycles. The molecule has 2 amide bonds.